The van der Waals surface area contributed by atoms with Crippen molar-refractivity contribution in [3.8, 4) is 0 Å². The number of aromatic nitrogens is 1. The molecule has 0 bridgehead atoms. The summed E-state index contributed by atoms with van der Waals surface area (Å²) in [6.07, 6.45) is 0.976. The zero-order valence-corrected chi connectivity index (χ0v) is 11.4. The average Bonchev–Trinajstić information content (AvgIpc) is 2.84. The molecule has 0 aliphatic heterocycles. The van der Waals surface area contributed by atoms with Gasteiger partial charge in [-0.15, -0.1) is 11.3 Å². The molecule has 0 radical (unpaired) electrons. The Hall–Kier alpha value is -1.26. The quantitative estimate of drug-likeness (QED) is 0.890. The molecule has 0 aliphatic rings. The van der Waals surface area contributed by atoms with E-state index in [0.29, 0.717) is 6.54 Å². The molecule has 1 aromatic carbocycles. The third-order valence-corrected chi connectivity index (χ3v) is 3.88. The lowest BCUT2D eigenvalue weighted by Crippen LogP contribution is -2.18. The molecule has 2 rings (SSSR count). The molecule has 1 N–H and O–H groups in total. The molecule has 1 aromatic heterocycles. The van der Waals surface area contributed by atoms with Crippen LogP contribution in [0.4, 0.5) is 4.39 Å². The monoisotopic (exact) mass is 264 g/mol. The zero-order chi connectivity index (χ0) is 13.0. The smallest absolute Gasteiger partial charge is 0.123 e. The van der Waals surface area contributed by atoms with E-state index in [1.807, 2.05) is 13.0 Å². The summed E-state index contributed by atoms with van der Waals surface area (Å²) in [5.41, 5.74) is 2.01. The van der Waals surface area contributed by atoms with Gasteiger partial charge in [-0.3, -0.25) is 0 Å². The Kier molecular flexibility index (Phi) is 4.44. The lowest BCUT2D eigenvalue weighted by Gasteiger charge is -2.13. The number of aryl methyl sites for hydroxylation is 1. The number of nitrogens with zero attached hydrogens (tertiary/aromatic N) is 1. The lowest BCUT2D eigenvalue weighted by molar-refractivity contribution is 0.560. The van der Waals surface area contributed by atoms with Gasteiger partial charge in [-0.05, 0) is 31.0 Å². The van der Waals surface area contributed by atoms with Crippen molar-refractivity contribution in [2.24, 2.45) is 0 Å². The number of nitrogens with one attached hydrogen (secondary N) is 1. The fourth-order valence-electron chi connectivity index (χ4n) is 1.74. The summed E-state index contributed by atoms with van der Waals surface area (Å²) >= 11 is 1.69. The predicted molar refractivity (Wildman–Crippen MR) is 73.1 cm³/mol. The second kappa shape index (κ2) is 6.07. The van der Waals surface area contributed by atoms with Crippen molar-refractivity contribution in [2.75, 3.05) is 0 Å². The van der Waals surface area contributed by atoms with Gasteiger partial charge < -0.3 is 5.32 Å². The second-order valence-corrected chi connectivity index (χ2v) is 5.19. The molecule has 96 valence electrons. The molecule has 2 nitrogen and oxygen atoms in total. The summed E-state index contributed by atoms with van der Waals surface area (Å²) in [5, 5.41) is 6.59. The third kappa shape index (κ3) is 3.37. The SMILES string of the molecule is CCc1nc(CN[C@@H](C)c2cccc(F)c2)cs1. The molecule has 0 saturated carbocycles. The molecule has 0 fully saturated rings. The molecule has 0 amide bonds. The molecule has 0 unspecified atom stereocenters. The molecular weight excluding hydrogens is 247 g/mol. The number of benzene rings is 1. The molecule has 0 spiro atoms. The van der Waals surface area contributed by atoms with Crippen LogP contribution < -0.4 is 5.32 Å². The maximum Gasteiger partial charge on any atom is 0.123 e. The van der Waals surface area contributed by atoms with Crippen LogP contribution in [-0.2, 0) is 13.0 Å². The predicted octanol–water partition coefficient (Wildman–Crippen LogP) is 3.70. The van der Waals surface area contributed by atoms with Crippen LogP contribution in [0.2, 0.25) is 0 Å². The molecule has 2 aromatic rings. The summed E-state index contributed by atoms with van der Waals surface area (Å²) in [4.78, 5) is 4.49. The Morgan fingerprint density at radius 2 is 2.28 bits per heavy atom. The lowest BCUT2D eigenvalue weighted by atomic mass is 10.1. The van der Waals surface area contributed by atoms with Crippen LogP contribution in [0, 0.1) is 5.82 Å². The molecule has 18 heavy (non-hydrogen) atoms. The Morgan fingerprint density at radius 3 is 2.94 bits per heavy atom. The van der Waals surface area contributed by atoms with Crippen molar-refractivity contribution in [1.29, 1.82) is 0 Å². The van der Waals surface area contributed by atoms with Crippen LogP contribution >= 0.6 is 11.3 Å². The maximum atomic E-state index is 13.1. The van der Waals surface area contributed by atoms with Crippen molar-refractivity contribution in [2.45, 2.75) is 32.9 Å². The van der Waals surface area contributed by atoms with E-state index in [2.05, 4.69) is 22.6 Å². The van der Waals surface area contributed by atoms with E-state index in [9.17, 15) is 4.39 Å². The van der Waals surface area contributed by atoms with Crippen molar-refractivity contribution in [1.82, 2.24) is 10.3 Å². The van der Waals surface area contributed by atoms with Gasteiger partial charge in [-0.2, -0.15) is 0 Å². The number of thiazole rings is 1. The van der Waals surface area contributed by atoms with Crippen LogP contribution in [0.3, 0.4) is 0 Å². The fourth-order valence-corrected chi connectivity index (χ4v) is 2.49. The first kappa shape index (κ1) is 13.2. The van der Waals surface area contributed by atoms with E-state index >= 15 is 0 Å². The van der Waals surface area contributed by atoms with Gasteiger partial charge in [0.05, 0.1) is 10.7 Å². The fraction of sp³-hybridized carbons (Fsp3) is 0.357. The minimum Gasteiger partial charge on any atom is -0.305 e. The van der Waals surface area contributed by atoms with Gasteiger partial charge in [0.1, 0.15) is 5.82 Å². The van der Waals surface area contributed by atoms with E-state index in [-0.39, 0.29) is 11.9 Å². The van der Waals surface area contributed by atoms with Gasteiger partial charge in [0.25, 0.3) is 0 Å². The molecular formula is C14H17FN2S. The van der Waals surface area contributed by atoms with Crippen molar-refractivity contribution < 1.29 is 4.39 Å². The highest BCUT2D eigenvalue weighted by Gasteiger charge is 2.07. The van der Waals surface area contributed by atoms with Crippen molar-refractivity contribution in [3.05, 3.63) is 51.7 Å². The van der Waals surface area contributed by atoms with E-state index in [4.69, 9.17) is 0 Å². The minimum atomic E-state index is -0.192. The highest BCUT2D eigenvalue weighted by atomic mass is 32.1. The average molecular weight is 264 g/mol. The molecule has 1 heterocycles. The maximum absolute atomic E-state index is 13.1. The van der Waals surface area contributed by atoms with Crippen molar-refractivity contribution in [3.63, 3.8) is 0 Å². The number of hydrogen-bond acceptors (Lipinski definition) is 3. The van der Waals surface area contributed by atoms with Crippen LogP contribution in [0.1, 0.15) is 36.2 Å². The van der Waals surface area contributed by atoms with E-state index < -0.39 is 0 Å². The van der Waals surface area contributed by atoms with Crippen LogP contribution in [0.5, 0.6) is 0 Å². The largest absolute Gasteiger partial charge is 0.305 e. The molecule has 4 heteroatoms. The molecule has 1 atom stereocenters. The summed E-state index contributed by atoms with van der Waals surface area (Å²) in [7, 11) is 0. The van der Waals surface area contributed by atoms with Crippen LogP contribution in [-0.4, -0.2) is 4.98 Å². The van der Waals surface area contributed by atoms with E-state index in [0.717, 1.165) is 22.7 Å². The normalized spacial score (nSPS) is 12.6. The topological polar surface area (TPSA) is 24.9 Å². The summed E-state index contributed by atoms with van der Waals surface area (Å²) in [5.74, 6) is -0.192. The first-order valence-corrected chi connectivity index (χ1v) is 6.99. The first-order valence-electron chi connectivity index (χ1n) is 6.11. The third-order valence-electron chi connectivity index (χ3n) is 2.84. The van der Waals surface area contributed by atoms with Gasteiger partial charge in [0.15, 0.2) is 0 Å². The number of halogens is 1. The van der Waals surface area contributed by atoms with Gasteiger partial charge >= 0.3 is 0 Å². The zero-order valence-electron chi connectivity index (χ0n) is 10.6. The van der Waals surface area contributed by atoms with Crippen LogP contribution in [0.25, 0.3) is 0 Å². The van der Waals surface area contributed by atoms with Gasteiger partial charge in [-0.1, -0.05) is 19.1 Å². The molecule has 0 saturated heterocycles. The summed E-state index contributed by atoms with van der Waals surface area (Å²) < 4.78 is 13.1. The van der Waals surface area contributed by atoms with Gasteiger partial charge in [0, 0.05) is 18.0 Å². The van der Waals surface area contributed by atoms with Crippen molar-refractivity contribution >= 4 is 11.3 Å². The molecule has 0 aliphatic carbocycles. The Labute approximate surface area is 111 Å². The highest BCUT2D eigenvalue weighted by molar-refractivity contribution is 7.09. The van der Waals surface area contributed by atoms with Gasteiger partial charge in [0.2, 0.25) is 0 Å². The van der Waals surface area contributed by atoms with Crippen LogP contribution in [0.15, 0.2) is 29.6 Å². The Balaban J connectivity index is 1.93. The second-order valence-electron chi connectivity index (χ2n) is 4.24. The Bertz CT molecular complexity index is 510. The first-order chi connectivity index (χ1) is 8.69. The summed E-state index contributed by atoms with van der Waals surface area (Å²) in [6.45, 7) is 4.85. The Morgan fingerprint density at radius 1 is 1.44 bits per heavy atom. The number of rotatable bonds is 5. The van der Waals surface area contributed by atoms with E-state index in [1.54, 1.807) is 23.5 Å². The van der Waals surface area contributed by atoms with Gasteiger partial charge in [-0.25, -0.2) is 9.37 Å². The summed E-state index contributed by atoms with van der Waals surface area (Å²) in [6, 6.07) is 6.81. The van der Waals surface area contributed by atoms with E-state index in [1.165, 1.54) is 6.07 Å². The number of hydrogen-bond donors (Lipinski definition) is 1. The highest BCUT2D eigenvalue weighted by Crippen LogP contribution is 2.15. The minimum absolute atomic E-state index is 0.118. The standard InChI is InChI=1S/C14H17FN2S/c1-3-14-17-13(9-18-14)8-16-10(2)11-5-4-6-12(15)7-11/h4-7,9-10,16H,3,8H2,1-2H3/t10-/m0/s1.